The number of nitrogens with zero attached hydrogens (tertiary/aromatic N) is 4. The van der Waals surface area contributed by atoms with Crippen LogP contribution in [0.3, 0.4) is 0 Å². The van der Waals surface area contributed by atoms with E-state index in [1.165, 1.54) is 4.31 Å². The topological polar surface area (TPSA) is 77.3 Å². The molecule has 0 aliphatic rings. The Morgan fingerprint density at radius 1 is 1.17 bits per heavy atom. The summed E-state index contributed by atoms with van der Waals surface area (Å²) < 4.78 is 34.7. The Morgan fingerprint density at radius 2 is 1.86 bits per heavy atom. The van der Waals surface area contributed by atoms with Crippen molar-refractivity contribution in [1.82, 2.24) is 19.1 Å². The lowest BCUT2D eigenvalue weighted by Gasteiger charge is -2.20. The standard InChI is InChI=1S/C20H32N4O3S2/c1-7-23(8-2)29(25,26)18-11-9-10-17(12-18)19-21-22-20(28-14-15(3)4)24(19)16(5)13-27-6/h9-12,15-16H,7-8,13-14H2,1-6H3/t16-/m0/s1. The highest BCUT2D eigenvalue weighted by Gasteiger charge is 2.24. The summed E-state index contributed by atoms with van der Waals surface area (Å²) in [5.41, 5.74) is 0.727. The summed E-state index contributed by atoms with van der Waals surface area (Å²) in [5, 5.41) is 9.61. The fourth-order valence-electron chi connectivity index (χ4n) is 3.03. The minimum Gasteiger partial charge on any atom is -0.383 e. The Labute approximate surface area is 178 Å². The van der Waals surface area contributed by atoms with Crippen molar-refractivity contribution in [3.05, 3.63) is 24.3 Å². The van der Waals surface area contributed by atoms with Crippen molar-refractivity contribution in [3.63, 3.8) is 0 Å². The van der Waals surface area contributed by atoms with Gasteiger partial charge in [0, 0.05) is 31.5 Å². The highest BCUT2D eigenvalue weighted by atomic mass is 32.2. The highest BCUT2D eigenvalue weighted by Crippen LogP contribution is 2.30. The van der Waals surface area contributed by atoms with Crippen molar-refractivity contribution in [1.29, 1.82) is 0 Å². The molecular formula is C20H32N4O3S2. The van der Waals surface area contributed by atoms with Crippen LogP contribution in [-0.2, 0) is 14.8 Å². The first-order chi connectivity index (χ1) is 13.8. The van der Waals surface area contributed by atoms with Gasteiger partial charge in [0.1, 0.15) is 0 Å². The lowest BCUT2D eigenvalue weighted by atomic mass is 10.2. The fraction of sp³-hybridized carbons (Fsp3) is 0.600. The minimum atomic E-state index is -3.54. The van der Waals surface area contributed by atoms with Crippen LogP contribution in [0.4, 0.5) is 0 Å². The molecule has 1 aromatic heterocycles. The molecule has 1 heterocycles. The molecule has 162 valence electrons. The molecule has 9 heteroatoms. The second-order valence-corrected chi connectivity index (χ2v) is 10.2. The van der Waals surface area contributed by atoms with Crippen LogP contribution in [0.5, 0.6) is 0 Å². The van der Waals surface area contributed by atoms with E-state index in [0.717, 1.165) is 16.5 Å². The van der Waals surface area contributed by atoms with Gasteiger partial charge in [0.05, 0.1) is 17.5 Å². The van der Waals surface area contributed by atoms with Crippen molar-refractivity contribution in [2.45, 2.75) is 50.7 Å². The molecule has 2 rings (SSSR count). The number of thioether (sulfide) groups is 1. The van der Waals surface area contributed by atoms with Crippen molar-refractivity contribution < 1.29 is 13.2 Å². The summed E-state index contributed by atoms with van der Waals surface area (Å²) >= 11 is 1.65. The molecule has 0 aliphatic carbocycles. The predicted molar refractivity (Wildman–Crippen MR) is 118 cm³/mol. The second kappa shape index (κ2) is 10.6. The number of aromatic nitrogens is 3. The zero-order chi connectivity index (χ0) is 21.6. The molecule has 0 fully saturated rings. The van der Waals surface area contributed by atoms with Gasteiger partial charge in [0.2, 0.25) is 10.0 Å². The van der Waals surface area contributed by atoms with Gasteiger partial charge in [-0.15, -0.1) is 10.2 Å². The molecule has 0 saturated carbocycles. The Bertz CT molecular complexity index is 893. The van der Waals surface area contributed by atoms with E-state index in [1.807, 2.05) is 31.4 Å². The molecule has 0 aliphatic heterocycles. The third-order valence-electron chi connectivity index (χ3n) is 4.49. The largest absolute Gasteiger partial charge is 0.383 e. The lowest BCUT2D eigenvalue weighted by Crippen LogP contribution is -2.30. The van der Waals surface area contributed by atoms with Crippen LogP contribution in [0.25, 0.3) is 11.4 Å². The Kier molecular flexibility index (Phi) is 8.69. The third-order valence-corrected chi connectivity index (χ3v) is 7.91. The van der Waals surface area contributed by atoms with Gasteiger partial charge < -0.3 is 4.74 Å². The van der Waals surface area contributed by atoms with E-state index < -0.39 is 10.0 Å². The SMILES string of the molecule is CCN(CC)S(=O)(=O)c1cccc(-c2nnc(SCC(C)C)n2[C@@H](C)COC)c1. The summed E-state index contributed by atoms with van der Waals surface area (Å²) in [4.78, 5) is 0.268. The van der Waals surface area contributed by atoms with E-state index in [9.17, 15) is 8.42 Å². The summed E-state index contributed by atoms with van der Waals surface area (Å²) in [5.74, 6) is 2.10. The predicted octanol–water partition coefficient (Wildman–Crippen LogP) is 3.93. The Balaban J connectivity index is 2.51. The van der Waals surface area contributed by atoms with Crippen molar-refractivity contribution >= 4 is 21.8 Å². The molecule has 0 amide bonds. The first kappa shape index (κ1) is 23.9. The average Bonchev–Trinajstić information content (AvgIpc) is 3.11. The van der Waals surface area contributed by atoms with E-state index >= 15 is 0 Å². The van der Waals surface area contributed by atoms with Crippen LogP contribution in [0.15, 0.2) is 34.3 Å². The first-order valence-electron chi connectivity index (χ1n) is 9.93. The quantitative estimate of drug-likeness (QED) is 0.493. The molecule has 1 atom stereocenters. The van der Waals surface area contributed by atoms with E-state index in [2.05, 4.69) is 24.0 Å². The molecule has 0 saturated heterocycles. The zero-order valence-electron chi connectivity index (χ0n) is 18.1. The van der Waals surface area contributed by atoms with Gasteiger partial charge in [-0.1, -0.05) is 51.6 Å². The van der Waals surface area contributed by atoms with E-state index in [1.54, 1.807) is 37.1 Å². The second-order valence-electron chi connectivity index (χ2n) is 7.30. The normalized spacial score (nSPS) is 13.4. The Hall–Kier alpha value is -1.42. The van der Waals surface area contributed by atoms with Crippen molar-refractivity contribution in [2.24, 2.45) is 5.92 Å². The van der Waals surface area contributed by atoms with Crippen LogP contribution in [-0.4, -0.2) is 60.0 Å². The minimum absolute atomic E-state index is 0.0164. The van der Waals surface area contributed by atoms with Crippen LogP contribution >= 0.6 is 11.8 Å². The molecule has 2 aromatic rings. The zero-order valence-corrected chi connectivity index (χ0v) is 19.8. The molecule has 29 heavy (non-hydrogen) atoms. The van der Waals surface area contributed by atoms with Crippen LogP contribution in [0.2, 0.25) is 0 Å². The Morgan fingerprint density at radius 3 is 2.45 bits per heavy atom. The number of methoxy groups -OCH3 is 1. The van der Waals surface area contributed by atoms with E-state index in [0.29, 0.717) is 31.4 Å². The first-order valence-corrected chi connectivity index (χ1v) is 12.4. The van der Waals surface area contributed by atoms with Crippen molar-refractivity contribution in [2.75, 3.05) is 32.6 Å². The highest BCUT2D eigenvalue weighted by molar-refractivity contribution is 7.99. The molecule has 0 radical (unpaired) electrons. The lowest BCUT2D eigenvalue weighted by molar-refractivity contribution is 0.159. The van der Waals surface area contributed by atoms with Crippen LogP contribution in [0, 0.1) is 5.92 Å². The number of hydrogen-bond acceptors (Lipinski definition) is 6. The molecule has 0 N–H and O–H groups in total. The summed E-state index contributed by atoms with van der Waals surface area (Å²) in [6.07, 6.45) is 0. The summed E-state index contributed by atoms with van der Waals surface area (Å²) in [6, 6.07) is 6.96. The monoisotopic (exact) mass is 440 g/mol. The molecule has 0 unspecified atom stereocenters. The van der Waals surface area contributed by atoms with Crippen molar-refractivity contribution in [3.8, 4) is 11.4 Å². The number of hydrogen-bond donors (Lipinski definition) is 0. The smallest absolute Gasteiger partial charge is 0.243 e. The van der Waals surface area contributed by atoms with Gasteiger partial charge in [0.15, 0.2) is 11.0 Å². The van der Waals surface area contributed by atoms with Gasteiger partial charge in [-0.25, -0.2) is 8.42 Å². The number of benzene rings is 1. The third kappa shape index (κ3) is 5.59. The number of rotatable bonds is 11. The van der Waals surface area contributed by atoms with Crippen LogP contribution in [0.1, 0.15) is 40.7 Å². The van der Waals surface area contributed by atoms with E-state index in [4.69, 9.17) is 4.74 Å². The molecule has 1 aromatic carbocycles. The maximum absolute atomic E-state index is 12.9. The molecular weight excluding hydrogens is 408 g/mol. The van der Waals surface area contributed by atoms with Gasteiger partial charge in [0.25, 0.3) is 0 Å². The fourth-order valence-corrected chi connectivity index (χ4v) is 5.53. The van der Waals surface area contributed by atoms with E-state index in [-0.39, 0.29) is 10.9 Å². The van der Waals surface area contributed by atoms with Gasteiger partial charge in [-0.05, 0) is 25.0 Å². The molecule has 0 spiro atoms. The number of ether oxygens (including phenoxy) is 1. The van der Waals surface area contributed by atoms with Crippen LogP contribution < -0.4 is 0 Å². The molecule has 0 bridgehead atoms. The van der Waals surface area contributed by atoms with Gasteiger partial charge in [-0.3, -0.25) is 4.57 Å². The average molecular weight is 441 g/mol. The number of sulfonamides is 1. The maximum atomic E-state index is 12.9. The summed E-state index contributed by atoms with van der Waals surface area (Å²) in [7, 11) is -1.88. The van der Waals surface area contributed by atoms with Gasteiger partial charge >= 0.3 is 0 Å². The van der Waals surface area contributed by atoms with Gasteiger partial charge in [-0.2, -0.15) is 4.31 Å². The maximum Gasteiger partial charge on any atom is 0.243 e. The summed E-state index contributed by atoms with van der Waals surface area (Å²) in [6.45, 7) is 11.4. The molecule has 7 nitrogen and oxygen atoms in total.